The minimum Gasteiger partial charge on any atom is -0.493 e. The third-order valence-corrected chi connectivity index (χ3v) is 3.26. The molecule has 0 fully saturated rings. The van der Waals surface area contributed by atoms with Gasteiger partial charge in [0.15, 0.2) is 0 Å². The number of hydrogen-bond acceptors (Lipinski definition) is 3. The first kappa shape index (κ1) is 12.2. The van der Waals surface area contributed by atoms with E-state index in [4.69, 9.17) is 4.74 Å². The van der Waals surface area contributed by atoms with Crippen molar-refractivity contribution in [3.8, 4) is 5.75 Å². The maximum absolute atomic E-state index is 9.31. The number of anilines is 1. The molecule has 1 atom stereocenters. The molecule has 2 N–H and O–H groups in total. The van der Waals surface area contributed by atoms with Gasteiger partial charge in [0.05, 0.1) is 19.3 Å². The highest BCUT2D eigenvalue weighted by atomic mass is 16.5. The summed E-state index contributed by atoms with van der Waals surface area (Å²) in [5.41, 5.74) is 2.34. The summed E-state index contributed by atoms with van der Waals surface area (Å²) in [6.45, 7) is 5.20. The summed E-state index contributed by atoms with van der Waals surface area (Å²) in [6, 6.07) is 6.29. The number of aliphatic hydroxyl groups excluding tert-OH is 1. The van der Waals surface area contributed by atoms with E-state index < -0.39 is 0 Å². The zero-order chi connectivity index (χ0) is 12.3. The zero-order valence-electron chi connectivity index (χ0n) is 10.6. The Hall–Kier alpha value is -1.22. The van der Waals surface area contributed by atoms with Crippen LogP contribution in [0.1, 0.15) is 25.8 Å². The number of nitrogens with one attached hydrogen (secondary N) is 1. The normalized spacial score (nSPS) is 16.2. The highest BCUT2D eigenvalue weighted by molar-refractivity contribution is 5.52. The highest BCUT2D eigenvalue weighted by Crippen LogP contribution is 2.28. The van der Waals surface area contributed by atoms with E-state index >= 15 is 0 Å². The maximum atomic E-state index is 9.31. The van der Waals surface area contributed by atoms with Crippen LogP contribution in [0.5, 0.6) is 5.75 Å². The fourth-order valence-electron chi connectivity index (χ4n) is 2.09. The van der Waals surface area contributed by atoms with Crippen molar-refractivity contribution < 1.29 is 9.84 Å². The van der Waals surface area contributed by atoms with Gasteiger partial charge in [0, 0.05) is 5.69 Å². The molecular weight excluding hydrogens is 214 g/mol. The lowest BCUT2D eigenvalue weighted by molar-refractivity contribution is 0.249. The van der Waals surface area contributed by atoms with Crippen LogP contribution >= 0.6 is 0 Å². The second-order valence-corrected chi connectivity index (χ2v) is 4.95. The number of fused-ring (bicyclic) bond motifs is 1. The van der Waals surface area contributed by atoms with Gasteiger partial charge in [-0.25, -0.2) is 0 Å². The van der Waals surface area contributed by atoms with E-state index in [0.717, 1.165) is 30.9 Å². The topological polar surface area (TPSA) is 41.5 Å². The van der Waals surface area contributed by atoms with E-state index in [1.54, 1.807) is 0 Å². The van der Waals surface area contributed by atoms with Crippen molar-refractivity contribution in [1.82, 2.24) is 0 Å². The van der Waals surface area contributed by atoms with Crippen molar-refractivity contribution in [1.29, 1.82) is 0 Å². The van der Waals surface area contributed by atoms with Crippen LogP contribution in [-0.2, 0) is 6.42 Å². The monoisotopic (exact) mass is 235 g/mol. The first-order valence-corrected chi connectivity index (χ1v) is 6.34. The largest absolute Gasteiger partial charge is 0.493 e. The van der Waals surface area contributed by atoms with Crippen LogP contribution in [0.4, 0.5) is 5.69 Å². The van der Waals surface area contributed by atoms with Crippen LogP contribution in [0.25, 0.3) is 0 Å². The van der Waals surface area contributed by atoms with E-state index in [1.165, 1.54) is 5.56 Å². The molecular formula is C14H21NO2. The minimum atomic E-state index is 0.109. The Morgan fingerprint density at radius 3 is 2.94 bits per heavy atom. The van der Waals surface area contributed by atoms with Gasteiger partial charge in [-0.1, -0.05) is 13.8 Å². The molecule has 0 spiro atoms. The molecule has 0 amide bonds. The summed E-state index contributed by atoms with van der Waals surface area (Å²) in [7, 11) is 0. The summed E-state index contributed by atoms with van der Waals surface area (Å²) in [6.07, 6.45) is 2.17. The third-order valence-electron chi connectivity index (χ3n) is 3.26. The van der Waals surface area contributed by atoms with E-state index in [9.17, 15) is 5.11 Å². The van der Waals surface area contributed by atoms with Crippen molar-refractivity contribution in [2.24, 2.45) is 5.92 Å². The lowest BCUT2D eigenvalue weighted by Crippen LogP contribution is -2.29. The molecule has 3 nitrogen and oxygen atoms in total. The average molecular weight is 235 g/mol. The molecule has 0 bridgehead atoms. The van der Waals surface area contributed by atoms with Crippen molar-refractivity contribution in [2.45, 2.75) is 32.7 Å². The molecule has 1 aliphatic heterocycles. The average Bonchev–Trinajstić information content (AvgIpc) is 2.35. The second-order valence-electron chi connectivity index (χ2n) is 4.95. The van der Waals surface area contributed by atoms with Crippen LogP contribution < -0.4 is 10.1 Å². The standard InChI is InChI=1S/C14H21NO2/c1-10(2)13(9-16)15-12-5-6-14-11(8-12)4-3-7-17-14/h5-6,8,10,13,15-16H,3-4,7,9H2,1-2H3. The van der Waals surface area contributed by atoms with E-state index in [1.807, 2.05) is 12.1 Å². The van der Waals surface area contributed by atoms with Gasteiger partial charge in [0.25, 0.3) is 0 Å². The van der Waals surface area contributed by atoms with Gasteiger partial charge in [-0.05, 0) is 42.5 Å². The fourth-order valence-corrected chi connectivity index (χ4v) is 2.09. The molecule has 0 saturated carbocycles. The molecule has 0 aromatic heterocycles. The molecule has 3 heteroatoms. The highest BCUT2D eigenvalue weighted by Gasteiger charge is 2.14. The van der Waals surface area contributed by atoms with Gasteiger partial charge in [0.1, 0.15) is 5.75 Å². The minimum absolute atomic E-state index is 0.109. The number of benzene rings is 1. The lowest BCUT2D eigenvalue weighted by Gasteiger charge is -2.23. The molecule has 0 radical (unpaired) electrons. The SMILES string of the molecule is CC(C)C(CO)Nc1ccc2c(c1)CCCO2. The zero-order valence-corrected chi connectivity index (χ0v) is 10.6. The smallest absolute Gasteiger partial charge is 0.122 e. The Morgan fingerprint density at radius 1 is 1.41 bits per heavy atom. The first-order valence-electron chi connectivity index (χ1n) is 6.34. The van der Waals surface area contributed by atoms with Crippen LogP contribution in [-0.4, -0.2) is 24.4 Å². The van der Waals surface area contributed by atoms with Gasteiger partial charge < -0.3 is 15.2 Å². The van der Waals surface area contributed by atoms with E-state index in [-0.39, 0.29) is 12.6 Å². The van der Waals surface area contributed by atoms with Crippen LogP contribution in [0.3, 0.4) is 0 Å². The quantitative estimate of drug-likeness (QED) is 0.842. The summed E-state index contributed by atoms with van der Waals surface area (Å²) < 4.78 is 5.58. The second kappa shape index (κ2) is 5.41. The molecule has 94 valence electrons. The molecule has 1 aliphatic rings. The van der Waals surface area contributed by atoms with E-state index in [2.05, 4.69) is 25.2 Å². The maximum Gasteiger partial charge on any atom is 0.122 e. The van der Waals surface area contributed by atoms with Crippen molar-refractivity contribution >= 4 is 5.69 Å². The Labute approximate surface area is 103 Å². The number of rotatable bonds is 4. The molecule has 17 heavy (non-hydrogen) atoms. The van der Waals surface area contributed by atoms with Crippen LogP contribution in [0, 0.1) is 5.92 Å². The number of hydrogen-bond donors (Lipinski definition) is 2. The Bertz CT molecular complexity index is 376. The Morgan fingerprint density at radius 2 is 2.24 bits per heavy atom. The van der Waals surface area contributed by atoms with Gasteiger partial charge in [-0.2, -0.15) is 0 Å². The summed E-state index contributed by atoms with van der Waals surface area (Å²) in [5.74, 6) is 1.42. The number of ether oxygens (including phenoxy) is 1. The van der Waals surface area contributed by atoms with Gasteiger partial charge >= 0.3 is 0 Å². The predicted molar refractivity (Wildman–Crippen MR) is 69.6 cm³/mol. The number of aliphatic hydroxyl groups is 1. The first-order chi connectivity index (χ1) is 8.20. The van der Waals surface area contributed by atoms with Crippen LogP contribution in [0.2, 0.25) is 0 Å². The third kappa shape index (κ3) is 2.91. The predicted octanol–water partition coefficient (Wildman–Crippen LogP) is 2.44. The number of aryl methyl sites for hydroxylation is 1. The molecule has 2 rings (SSSR count). The molecule has 1 aromatic carbocycles. The molecule has 1 heterocycles. The molecule has 0 saturated heterocycles. The summed E-state index contributed by atoms with van der Waals surface area (Å²) >= 11 is 0. The van der Waals surface area contributed by atoms with Crippen LogP contribution in [0.15, 0.2) is 18.2 Å². The molecule has 1 unspecified atom stereocenters. The molecule has 1 aromatic rings. The van der Waals surface area contributed by atoms with Gasteiger partial charge in [-0.15, -0.1) is 0 Å². The summed E-state index contributed by atoms with van der Waals surface area (Å²) in [4.78, 5) is 0. The van der Waals surface area contributed by atoms with Crippen molar-refractivity contribution in [2.75, 3.05) is 18.5 Å². The van der Waals surface area contributed by atoms with Crippen molar-refractivity contribution in [3.05, 3.63) is 23.8 Å². The van der Waals surface area contributed by atoms with E-state index in [0.29, 0.717) is 5.92 Å². The Kier molecular flexibility index (Phi) is 3.89. The fraction of sp³-hybridized carbons (Fsp3) is 0.571. The Balaban J connectivity index is 2.11. The lowest BCUT2D eigenvalue weighted by atomic mass is 10.0. The summed E-state index contributed by atoms with van der Waals surface area (Å²) in [5, 5.41) is 12.7. The van der Waals surface area contributed by atoms with Gasteiger partial charge in [-0.3, -0.25) is 0 Å². The van der Waals surface area contributed by atoms with Crippen molar-refractivity contribution in [3.63, 3.8) is 0 Å². The van der Waals surface area contributed by atoms with Gasteiger partial charge in [0.2, 0.25) is 0 Å². The molecule has 0 aliphatic carbocycles.